The van der Waals surface area contributed by atoms with Gasteiger partial charge < -0.3 is 14.8 Å². The van der Waals surface area contributed by atoms with E-state index in [9.17, 15) is 9.59 Å². The monoisotopic (exact) mass is 404 g/mol. The zero-order valence-corrected chi connectivity index (χ0v) is 16.9. The molecular weight excluding hydrogens is 380 g/mol. The summed E-state index contributed by atoms with van der Waals surface area (Å²) in [6, 6.07) is 7.64. The summed E-state index contributed by atoms with van der Waals surface area (Å²) in [5, 5.41) is 0. The number of H-pyrrole nitrogens is 1. The van der Waals surface area contributed by atoms with Crippen molar-refractivity contribution in [1.82, 2.24) is 29.7 Å². The highest BCUT2D eigenvalue weighted by atomic mass is 16.2. The number of hydrogen-bond acceptors (Lipinski definition) is 5. The molecule has 2 aromatic heterocycles. The van der Waals surface area contributed by atoms with Gasteiger partial charge in [0.1, 0.15) is 0 Å². The molecule has 0 bridgehead atoms. The molecule has 2 saturated heterocycles. The van der Waals surface area contributed by atoms with Crippen molar-refractivity contribution < 1.29 is 9.59 Å². The SMILES string of the molecule is CC(=O)N1CCC(c2nccnc2C2CN(C(=O)c3nc4ccccc4[nH]3)C2)CC1. The summed E-state index contributed by atoms with van der Waals surface area (Å²) < 4.78 is 0. The summed E-state index contributed by atoms with van der Waals surface area (Å²) in [5.74, 6) is 0.928. The first-order valence-electron chi connectivity index (χ1n) is 10.4. The molecule has 3 aromatic rings. The van der Waals surface area contributed by atoms with Gasteiger partial charge in [-0.1, -0.05) is 12.1 Å². The van der Waals surface area contributed by atoms with Crippen LogP contribution in [0.5, 0.6) is 0 Å². The summed E-state index contributed by atoms with van der Waals surface area (Å²) in [6.07, 6.45) is 5.28. The maximum Gasteiger partial charge on any atom is 0.289 e. The first kappa shape index (κ1) is 18.7. The van der Waals surface area contributed by atoms with Gasteiger partial charge in [0.2, 0.25) is 5.91 Å². The number of fused-ring (bicyclic) bond motifs is 1. The third-order valence-electron chi connectivity index (χ3n) is 6.23. The first-order chi connectivity index (χ1) is 14.6. The van der Waals surface area contributed by atoms with Crippen LogP contribution in [0.15, 0.2) is 36.7 Å². The number of nitrogens with one attached hydrogen (secondary N) is 1. The van der Waals surface area contributed by atoms with Crippen LogP contribution in [0.3, 0.4) is 0 Å². The van der Waals surface area contributed by atoms with E-state index in [2.05, 4.69) is 19.9 Å². The highest BCUT2D eigenvalue weighted by Crippen LogP contribution is 2.35. The molecule has 0 unspecified atom stereocenters. The van der Waals surface area contributed by atoms with E-state index >= 15 is 0 Å². The lowest BCUT2D eigenvalue weighted by Gasteiger charge is -2.40. The number of aromatic nitrogens is 4. The largest absolute Gasteiger partial charge is 0.343 e. The van der Waals surface area contributed by atoms with Gasteiger partial charge >= 0.3 is 0 Å². The normalized spacial score (nSPS) is 17.9. The number of amides is 2. The minimum absolute atomic E-state index is 0.0809. The third kappa shape index (κ3) is 3.32. The number of benzene rings is 1. The number of para-hydroxylation sites is 2. The molecule has 2 fully saturated rings. The molecule has 8 nitrogen and oxygen atoms in total. The molecule has 4 heterocycles. The second kappa shape index (κ2) is 7.51. The van der Waals surface area contributed by atoms with Crippen molar-refractivity contribution in [2.45, 2.75) is 31.6 Å². The smallest absolute Gasteiger partial charge is 0.289 e. The minimum atomic E-state index is -0.0809. The second-order valence-corrected chi connectivity index (χ2v) is 8.12. The Balaban J connectivity index is 1.27. The average Bonchev–Trinajstić information content (AvgIpc) is 3.17. The predicted octanol–water partition coefficient (Wildman–Crippen LogP) is 2.32. The molecule has 0 aliphatic carbocycles. The van der Waals surface area contributed by atoms with Crippen molar-refractivity contribution >= 4 is 22.8 Å². The maximum absolute atomic E-state index is 12.8. The van der Waals surface area contributed by atoms with E-state index in [1.54, 1.807) is 24.2 Å². The molecular formula is C22H24N6O2. The molecule has 30 heavy (non-hydrogen) atoms. The lowest BCUT2D eigenvalue weighted by molar-refractivity contribution is -0.129. The zero-order chi connectivity index (χ0) is 20.7. The van der Waals surface area contributed by atoms with Crippen LogP contribution in [0.25, 0.3) is 11.0 Å². The molecule has 8 heteroatoms. The van der Waals surface area contributed by atoms with Gasteiger partial charge in [0.25, 0.3) is 5.91 Å². The Morgan fingerprint density at radius 3 is 2.30 bits per heavy atom. The number of rotatable bonds is 3. The molecule has 1 aromatic carbocycles. The highest BCUT2D eigenvalue weighted by molar-refractivity contribution is 5.94. The van der Waals surface area contributed by atoms with E-state index in [4.69, 9.17) is 0 Å². The van der Waals surface area contributed by atoms with Gasteiger partial charge in [-0.15, -0.1) is 0 Å². The average molecular weight is 404 g/mol. The Labute approximate surface area is 174 Å². The molecule has 0 atom stereocenters. The number of imidazole rings is 1. The van der Waals surface area contributed by atoms with Crippen molar-refractivity contribution in [2.75, 3.05) is 26.2 Å². The first-order valence-corrected chi connectivity index (χ1v) is 10.4. The number of aromatic amines is 1. The minimum Gasteiger partial charge on any atom is -0.343 e. The molecule has 0 spiro atoms. The molecule has 2 aliphatic heterocycles. The Morgan fingerprint density at radius 2 is 1.63 bits per heavy atom. The van der Waals surface area contributed by atoms with E-state index in [1.165, 1.54) is 0 Å². The van der Waals surface area contributed by atoms with Crippen LogP contribution in [0, 0.1) is 0 Å². The van der Waals surface area contributed by atoms with Crippen LogP contribution < -0.4 is 0 Å². The van der Waals surface area contributed by atoms with Gasteiger partial charge in [-0.05, 0) is 25.0 Å². The van der Waals surface area contributed by atoms with Crippen LogP contribution in [-0.4, -0.2) is 67.7 Å². The zero-order valence-electron chi connectivity index (χ0n) is 16.9. The Bertz CT molecular complexity index is 1060. The van der Waals surface area contributed by atoms with E-state index in [1.807, 2.05) is 29.2 Å². The van der Waals surface area contributed by atoms with Crippen molar-refractivity contribution in [3.63, 3.8) is 0 Å². The van der Waals surface area contributed by atoms with Crippen LogP contribution in [0.1, 0.15) is 53.6 Å². The predicted molar refractivity (Wildman–Crippen MR) is 111 cm³/mol. The molecule has 1 N–H and O–H groups in total. The van der Waals surface area contributed by atoms with E-state index in [-0.39, 0.29) is 17.7 Å². The summed E-state index contributed by atoms with van der Waals surface area (Å²) in [6.45, 7) is 4.38. The van der Waals surface area contributed by atoms with Crippen molar-refractivity contribution in [2.24, 2.45) is 0 Å². The molecule has 0 saturated carbocycles. The Morgan fingerprint density at radius 1 is 0.967 bits per heavy atom. The number of carbonyl (C=O) groups is 2. The van der Waals surface area contributed by atoms with Gasteiger partial charge in [-0.2, -0.15) is 0 Å². The third-order valence-corrected chi connectivity index (χ3v) is 6.23. The maximum atomic E-state index is 12.8. The molecule has 0 radical (unpaired) electrons. The summed E-state index contributed by atoms with van der Waals surface area (Å²) >= 11 is 0. The van der Waals surface area contributed by atoms with E-state index < -0.39 is 0 Å². The van der Waals surface area contributed by atoms with Crippen LogP contribution in [0.2, 0.25) is 0 Å². The van der Waals surface area contributed by atoms with Gasteiger partial charge in [0.05, 0.1) is 22.4 Å². The van der Waals surface area contributed by atoms with Crippen LogP contribution in [0.4, 0.5) is 0 Å². The quantitative estimate of drug-likeness (QED) is 0.723. The number of likely N-dealkylation sites (tertiary alicyclic amines) is 2. The molecule has 154 valence electrons. The second-order valence-electron chi connectivity index (χ2n) is 8.12. The fourth-order valence-electron chi connectivity index (χ4n) is 4.48. The topological polar surface area (TPSA) is 95.1 Å². The van der Waals surface area contributed by atoms with Crippen molar-refractivity contribution in [3.05, 3.63) is 53.9 Å². The molecule has 2 aliphatic rings. The number of piperidine rings is 1. The standard InChI is InChI=1S/C22H24N6O2/c1-14(29)27-10-6-15(7-11-27)19-20(24-9-8-23-19)16-12-28(13-16)22(30)21-25-17-4-2-3-5-18(17)26-21/h2-5,8-9,15-16H,6-7,10-13H2,1H3,(H,25,26). The van der Waals surface area contributed by atoms with Gasteiger partial charge in [0, 0.05) is 57.3 Å². The fraction of sp³-hybridized carbons (Fsp3) is 0.409. The van der Waals surface area contributed by atoms with Gasteiger partial charge in [-0.3, -0.25) is 19.6 Å². The number of carbonyl (C=O) groups excluding carboxylic acids is 2. The molecule has 2 amide bonds. The summed E-state index contributed by atoms with van der Waals surface area (Å²) in [7, 11) is 0. The fourth-order valence-corrected chi connectivity index (χ4v) is 4.48. The Hall–Kier alpha value is -3.29. The number of nitrogens with zero attached hydrogens (tertiary/aromatic N) is 5. The highest BCUT2D eigenvalue weighted by Gasteiger charge is 2.37. The number of hydrogen-bond donors (Lipinski definition) is 1. The summed E-state index contributed by atoms with van der Waals surface area (Å²) in [5.41, 5.74) is 3.69. The van der Waals surface area contributed by atoms with Crippen LogP contribution >= 0.6 is 0 Å². The van der Waals surface area contributed by atoms with Crippen molar-refractivity contribution in [3.8, 4) is 0 Å². The molecule has 5 rings (SSSR count). The Kier molecular flexibility index (Phi) is 4.69. The lowest BCUT2D eigenvalue weighted by Crippen LogP contribution is -2.49. The van der Waals surface area contributed by atoms with E-state index in [0.717, 1.165) is 48.4 Å². The van der Waals surface area contributed by atoms with Gasteiger partial charge in [-0.25, -0.2) is 4.98 Å². The van der Waals surface area contributed by atoms with Crippen LogP contribution in [-0.2, 0) is 4.79 Å². The van der Waals surface area contributed by atoms with Gasteiger partial charge in [0.15, 0.2) is 5.82 Å². The van der Waals surface area contributed by atoms with E-state index in [0.29, 0.717) is 24.8 Å². The summed E-state index contributed by atoms with van der Waals surface area (Å²) in [4.78, 5) is 44.9. The van der Waals surface area contributed by atoms with Crippen molar-refractivity contribution in [1.29, 1.82) is 0 Å². The lowest BCUT2D eigenvalue weighted by atomic mass is 9.86.